The number of ether oxygens (including phenoxy) is 1. The third kappa shape index (κ3) is 3.11. The van der Waals surface area contributed by atoms with E-state index in [-0.39, 0.29) is 11.5 Å². The van der Waals surface area contributed by atoms with Gasteiger partial charge in [-0.1, -0.05) is 0 Å². The maximum atomic E-state index is 12.3. The van der Waals surface area contributed by atoms with Gasteiger partial charge in [0.2, 0.25) is 0 Å². The van der Waals surface area contributed by atoms with Gasteiger partial charge in [0.15, 0.2) is 0 Å². The van der Waals surface area contributed by atoms with Crippen molar-refractivity contribution >= 4 is 6.09 Å². The minimum absolute atomic E-state index is 0.167. The zero-order chi connectivity index (χ0) is 16.8. The molecule has 0 aliphatic carbocycles. The van der Waals surface area contributed by atoms with E-state index < -0.39 is 5.60 Å². The molecule has 2 aliphatic heterocycles. The Labute approximate surface area is 139 Å². The molecular formula is C18H29N3O2. The minimum Gasteiger partial charge on any atom is -0.444 e. The van der Waals surface area contributed by atoms with Gasteiger partial charge in [-0.2, -0.15) is 0 Å². The number of carbonyl (C=O) groups excluding carboxylic acids is 1. The van der Waals surface area contributed by atoms with Crippen molar-refractivity contribution in [1.29, 1.82) is 0 Å². The number of nitrogens with zero attached hydrogens (tertiary/aromatic N) is 2. The third-order valence-electron chi connectivity index (χ3n) is 4.97. The van der Waals surface area contributed by atoms with Gasteiger partial charge in [0.1, 0.15) is 5.60 Å². The largest absolute Gasteiger partial charge is 0.444 e. The molecule has 1 N–H and O–H groups in total. The monoisotopic (exact) mass is 319 g/mol. The summed E-state index contributed by atoms with van der Waals surface area (Å²) >= 11 is 0. The highest BCUT2D eigenvalue weighted by atomic mass is 16.6. The number of amides is 1. The summed E-state index contributed by atoms with van der Waals surface area (Å²) in [4.78, 5) is 14.2. The summed E-state index contributed by atoms with van der Waals surface area (Å²) in [6, 6.07) is 3.02. The van der Waals surface area contributed by atoms with Crippen LogP contribution < -0.4 is 5.32 Å². The first-order valence-electron chi connectivity index (χ1n) is 8.59. The number of hydrogen-bond donors (Lipinski definition) is 1. The van der Waals surface area contributed by atoms with Crippen LogP contribution in [0.3, 0.4) is 0 Å². The van der Waals surface area contributed by atoms with Crippen LogP contribution in [-0.2, 0) is 4.74 Å². The van der Waals surface area contributed by atoms with Crippen LogP contribution in [0.15, 0.2) is 18.5 Å². The van der Waals surface area contributed by atoms with Crippen molar-refractivity contribution in [1.82, 2.24) is 14.8 Å². The highest BCUT2D eigenvalue weighted by Crippen LogP contribution is 2.48. The molecule has 23 heavy (non-hydrogen) atoms. The Morgan fingerprint density at radius 3 is 2.70 bits per heavy atom. The summed E-state index contributed by atoms with van der Waals surface area (Å²) in [6.45, 7) is 12.7. The van der Waals surface area contributed by atoms with Crippen LogP contribution >= 0.6 is 0 Å². The lowest BCUT2D eigenvalue weighted by Gasteiger charge is -2.48. The van der Waals surface area contributed by atoms with Crippen LogP contribution in [0.25, 0.3) is 0 Å². The van der Waals surface area contributed by atoms with E-state index in [1.807, 2.05) is 25.7 Å². The first-order valence-corrected chi connectivity index (χ1v) is 8.59. The van der Waals surface area contributed by atoms with E-state index >= 15 is 0 Å². The van der Waals surface area contributed by atoms with Crippen molar-refractivity contribution in [3.63, 3.8) is 0 Å². The van der Waals surface area contributed by atoms with Crippen LogP contribution in [0.1, 0.15) is 58.7 Å². The molecule has 0 bridgehead atoms. The van der Waals surface area contributed by atoms with Gasteiger partial charge >= 0.3 is 6.09 Å². The molecule has 0 saturated carbocycles. The molecule has 1 aromatic heterocycles. The van der Waals surface area contributed by atoms with Crippen molar-refractivity contribution in [2.24, 2.45) is 5.41 Å². The fourth-order valence-corrected chi connectivity index (χ4v) is 3.64. The van der Waals surface area contributed by atoms with E-state index in [1.54, 1.807) is 0 Å². The lowest BCUT2D eigenvalue weighted by molar-refractivity contribution is 0.0216. The molecule has 0 aromatic carbocycles. The maximum absolute atomic E-state index is 12.3. The molecular weight excluding hydrogens is 290 g/mol. The van der Waals surface area contributed by atoms with E-state index in [0.29, 0.717) is 12.1 Å². The Balaban J connectivity index is 1.68. The molecule has 2 aliphatic rings. The summed E-state index contributed by atoms with van der Waals surface area (Å²) < 4.78 is 7.76. The smallest absolute Gasteiger partial charge is 0.410 e. The number of hydrogen-bond acceptors (Lipinski definition) is 3. The molecule has 2 atom stereocenters. The standard InChI is InChI=1S/C18H29N3O2/c1-13(2)20-8-6-14(10-20)15-18(11-19-15)7-9-21(12-18)16(22)23-17(3,4)5/h6,8,10,13,15,19H,7,9,11-12H2,1-5H3/t15-,18-/m1/s1. The van der Waals surface area contributed by atoms with Gasteiger partial charge in [-0.15, -0.1) is 0 Å². The number of carbonyl (C=O) groups is 1. The molecule has 5 nitrogen and oxygen atoms in total. The van der Waals surface area contributed by atoms with E-state index in [1.165, 1.54) is 5.56 Å². The van der Waals surface area contributed by atoms with Gasteiger partial charge in [-0.05, 0) is 52.7 Å². The van der Waals surface area contributed by atoms with Gasteiger partial charge in [-0.3, -0.25) is 0 Å². The lowest BCUT2D eigenvalue weighted by Crippen LogP contribution is -2.57. The Morgan fingerprint density at radius 1 is 1.43 bits per heavy atom. The van der Waals surface area contributed by atoms with E-state index in [2.05, 4.69) is 42.2 Å². The van der Waals surface area contributed by atoms with Crippen LogP contribution in [-0.4, -0.2) is 40.8 Å². The zero-order valence-electron chi connectivity index (χ0n) is 14.9. The molecule has 0 radical (unpaired) electrons. The average Bonchev–Trinajstić information content (AvgIpc) is 3.03. The third-order valence-corrected chi connectivity index (χ3v) is 4.97. The second-order valence-corrected chi connectivity index (χ2v) is 8.31. The topological polar surface area (TPSA) is 46.5 Å². The Morgan fingerprint density at radius 2 is 2.17 bits per heavy atom. The number of rotatable bonds is 2. The maximum Gasteiger partial charge on any atom is 0.410 e. The van der Waals surface area contributed by atoms with E-state index in [4.69, 9.17) is 4.74 Å². The summed E-state index contributed by atoms with van der Waals surface area (Å²) in [7, 11) is 0. The van der Waals surface area contributed by atoms with Gasteiger partial charge in [0.05, 0.1) is 0 Å². The second kappa shape index (κ2) is 5.55. The van der Waals surface area contributed by atoms with E-state index in [9.17, 15) is 4.79 Å². The molecule has 128 valence electrons. The molecule has 2 saturated heterocycles. The summed E-state index contributed by atoms with van der Waals surface area (Å²) in [5.74, 6) is 0. The van der Waals surface area contributed by atoms with Crippen molar-refractivity contribution in [3.8, 4) is 0 Å². The number of likely N-dealkylation sites (tertiary alicyclic amines) is 1. The fourth-order valence-electron chi connectivity index (χ4n) is 3.64. The summed E-state index contributed by atoms with van der Waals surface area (Å²) in [6.07, 6.45) is 5.24. The quantitative estimate of drug-likeness (QED) is 0.909. The molecule has 0 unspecified atom stereocenters. The number of nitrogens with one attached hydrogen (secondary N) is 1. The van der Waals surface area contributed by atoms with Crippen LogP contribution in [0, 0.1) is 5.41 Å². The summed E-state index contributed by atoms with van der Waals surface area (Å²) in [5.41, 5.74) is 1.06. The van der Waals surface area contributed by atoms with Crippen LogP contribution in [0.5, 0.6) is 0 Å². The Kier molecular flexibility index (Phi) is 3.95. The first kappa shape index (κ1) is 16.4. The van der Waals surface area contributed by atoms with E-state index in [0.717, 1.165) is 26.1 Å². The molecule has 1 amide bonds. The minimum atomic E-state index is -0.432. The first-order chi connectivity index (χ1) is 10.7. The van der Waals surface area contributed by atoms with Gasteiger partial charge in [0, 0.05) is 49.5 Å². The summed E-state index contributed by atoms with van der Waals surface area (Å²) in [5, 5.41) is 3.56. The highest BCUT2D eigenvalue weighted by Gasteiger charge is 2.52. The van der Waals surface area contributed by atoms with Gasteiger partial charge in [-0.25, -0.2) is 4.79 Å². The van der Waals surface area contributed by atoms with Crippen molar-refractivity contribution in [2.75, 3.05) is 19.6 Å². The van der Waals surface area contributed by atoms with Crippen molar-refractivity contribution in [3.05, 3.63) is 24.0 Å². The fraction of sp³-hybridized carbons (Fsp3) is 0.722. The Hall–Kier alpha value is -1.49. The molecule has 5 heteroatoms. The molecule has 3 rings (SSSR count). The molecule has 3 heterocycles. The van der Waals surface area contributed by atoms with Crippen molar-refractivity contribution in [2.45, 2.75) is 58.7 Å². The predicted octanol–water partition coefficient (Wildman–Crippen LogP) is 3.34. The lowest BCUT2D eigenvalue weighted by atomic mass is 9.70. The SMILES string of the molecule is CC(C)n1ccc([C@H]2NC[C@@]23CCN(C(=O)OC(C)(C)C)C3)c1. The Bertz CT molecular complexity index is 587. The highest BCUT2D eigenvalue weighted by molar-refractivity contribution is 5.68. The number of aromatic nitrogens is 1. The normalized spacial score (nSPS) is 27.6. The van der Waals surface area contributed by atoms with Crippen LogP contribution in [0.2, 0.25) is 0 Å². The molecule has 1 aromatic rings. The zero-order valence-corrected chi connectivity index (χ0v) is 14.9. The van der Waals surface area contributed by atoms with Gasteiger partial charge in [0.25, 0.3) is 0 Å². The van der Waals surface area contributed by atoms with Gasteiger partial charge < -0.3 is 19.5 Å². The van der Waals surface area contributed by atoms with Crippen molar-refractivity contribution < 1.29 is 9.53 Å². The predicted molar refractivity (Wildman–Crippen MR) is 90.4 cm³/mol. The second-order valence-electron chi connectivity index (χ2n) is 8.31. The molecule has 2 fully saturated rings. The van der Waals surface area contributed by atoms with Crippen LogP contribution in [0.4, 0.5) is 4.79 Å². The average molecular weight is 319 g/mol. The molecule has 1 spiro atoms.